The molecule has 24 heavy (non-hydrogen) atoms. The molecule has 1 heterocycles. The maximum absolute atomic E-state index is 12.5. The van der Waals surface area contributed by atoms with E-state index in [9.17, 15) is 13.2 Å². The number of carbonyl (C=O) groups excluding carboxylic acids is 1. The Bertz CT molecular complexity index is 671. The minimum atomic E-state index is -3.56. The first-order valence-corrected chi connectivity index (χ1v) is 9.02. The highest BCUT2D eigenvalue weighted by atomic mass is 32.2. The number of hydrogen-bond acceptors (Lipinski definition) is 5. The van der Waals surface area contributed by atoms with E-state index < -0.39 is 10.0 Å². The Hall–Kier alpha value is -1.84. The summed E-state index contributed by atoms with van der Waals surface area (Å²) in [5.74, 6) is 0.587. The third-order valence-corrected chi connectivity index (χ3v) is 5.96. The summed E-state index contributed by atoms with van der Waals surface area (Å²) < 4.78 is 31.3. The van der Waals surface area contributed by atoms with E-state index in [-0.39, 0.29) is 42.7 Å². The number of sulfonamides is 1. The third-order valence-electron chi connectivity index (χ3n) is 4.12. The molecule has 9 heteroatoms. The number of nitrogens with zero attached hydrogens (tertiary/aromatic N) is 2. The molecule has 1 aromatic carbocycles. The summed E-state index contributed by atoms with van der Waals surface area (Å²) in [4.78, 5) is 13.5. The predicted molar refractivity (Wildman–Crippen MR) is 88.4 cm³/mol. The van der Waals surface area contributed by atoms with Crippen LogP contribution in [0.5, 0.6) is 5.75 Å². The highest BCUT2D eigenvalue weighted by Crippen LogP contribution is 2.23. The van der Waals surface area contributed by atoms with Crippen molar-refractivity contribution in [3.8, 4) is 5.75 Å². The number of amides is 2. The molecule has 1 saturated heterocycles. The largest absolute Gasteiger partial charge is 0.497 e. The molecule has 2 amide bonds. The average Bonchev–Trinajstić information content (AvgIpc) is 2.55. The van der Waals surface area contributed by atoms with Crippen LogP contribution in [0.15, 0.2) is 29.2 Å². The van der Waals surface area contributed by atoms with Gasteiger partial charge in [-0.2, -0.15) is 4.31 Å². The Morgan fingerprint density at radius 2 is 2.00 bits per heavy atom. The van der Waals surface area contributed by atoms with Gasteiger partial charge in [0.15, 0.2) is 0 Å². The molecule has 0 bridgehead atoms. The Labute approximate surface area is 142 Å². The van der Waals surface area contributed by atoms with Gasteiger partial charge < -0.3 is 20.1 Å². The van der Waals surface area contributed by atoms with E-state index in [1.54, 1.807) is 26.1 Å². The fourth-order valence-electron chi connectivity index (χ4n) is 2.22. The molecule has 0 aliphatic carbocycles. The van der Waals surface area contributed by atoms with Crippen molar-refractivity contribution < 1.29 is 23.1 Å². The lowest BCUT2D eigenvalue weighted by molar-refractivity contribution is 0.144. The second kappa shape index (κ2) is 7.37. The Balaban J connectivity index is 1.92. The van der Waals surface area contributed by atoms with Crippen LogP contribution in [0.1, 0.15) is 6.92 Å². The average molecular weight is 357 g/mol. The smallest absolute Gasteiger partial charge is 0.317 e. The van der Waals surface area contributed by atoms with Gasteiger partial charge in [-0.3, -0.25) is 0 Å². The molecule has 2 N–H and O–H groups in total. The summed E-state index contributed by atoms with van der Waals surface area (Å²) in [6.07, 6.45) is 0. The van der Waals surface area contributed by atoms with Crippen LogP contribution in [0.4, 0.5) is 4.79 Å². The lowest BCUT2D eigenvalue weighted by atomic mass is 10.2. The molecule has 1 unspecified atom stereocenters. The molecule has 0 radical (unpaired) electrons. The molecule has 8 nitrogen and oxygen atoms in total. The fourth-order valence-corrected chi connectivity index (χ4v) is 3.75. The Morgan fingerprint density at radius 1 is 1.42 bits per heavy atom. The number of aliphatic hydroxyl groups is 1. The topological polar surface area (TPSA) is 99.2 Å². The predicted octanol–water partition coefficient (Wildman–Crippen LogP) is 0.0903. The zero-order chi connectivity index (χ0) is 17.9. The second-order valence-corrected chi connectivity index (χ2v) is 7.72. The molecule has 2 rings (SSSR count). The van der Waals surface area contributed by atoms with E-state index in [4.69, 9.17) is 9.84 Å². The van der Waals surface area contributed by atoms with Crippen molar-refractivity contribution in [2.24, 2.45) is 0 Å². The van der Waals surface area contributed by atoms with E-state index in [0.717, 1.165) is 0 Å². The molecule has 0 aromatic heterocycles. The normalized spacial score (nSPS) is 17.0. The lowest BCUT2D eigenvalue weighted by Crippen LogP contribution is -2.62. The van der Waals surface area contributed by atoms with Crippen LogP contribution in [0, 0.1) is 0 Å². The van der Waals surface area contributed by atoms with Gasteiger partial charge in [0, 0.05) is 20.1 Å². The van der Waals surface area contributed by atoms with Crippen LogP contribution in [0.25, 0.3) is 0 Å². The van der Waals surface area contributed by atoms with Crippen molar-refractivity contribution in [1.29, 1.82) is 0 Å². The molecule has 1 aliphatic heterocycles. The van der Waals surface area contributed by atoms with Crippen molar-refractivity contribution in [2.45, 2.75) is 23.9 Å². The molecular formula is C15H23N3O5S. The first-order valence-electron chi connectivity index (χ1n) is 7.58. The summed E-state index contributed by atoms with van der Waals surface area (Å²) in [6, 6.07) is 5.31. The van der Waals surface area contributed by atoms with Gasteiger partial charge in [0.1, 0.15) is 5.75 Å². The standard InChI is InChI=1S/C15H23N3O5S/c1-11(10-19)17(2)15(20)16-12-8-18(9-12)24(21,22)14-6-4-13(23-3)5-7-14/h4-7,11-12,19H,8-10H2,1-3H3,(H,16,20). The van der Waals surface area contributed by atoms with Crippen molar-refractivity contribution in [1.82, 2.24) is 14.5 Å². The number of nitrogens with one attached hydrogen (secondary N) is 1. The van der Waals surface area contributed by atoms with Gasteiger partial charge >= 0.3 is 6.03 Å². The fraction of sp³-hybridized carbons (Fsp3) is 0.533. The number of ether oxygens (including phenoxy) is 1. The summed E-state index contributed by atoms with van der Waals surface area (Å²) in [5.41, 5.74) is 0. The van der Waals surface area contributed by atoms with E-state index in [1.807, 2.05) is 0 Å². The van der Waals surface area contributed by atoms with Gasteiger partial charge in [-0.25, -0.2) is 13.2 Å². The quantitative estimate of drug-likeness (QED) is 0.752. The van der Waals surface area contributed by atoms with E-state index in [2.05, 4.69) is 5.32 Å². The van der Waals surface area contributed by atoms with Crippen LogP contribution < -0.4 is 10.1 Å². The maximum Gasteiger partial charge on any atom is 0.317 e. The summed E-state index contributed by atoms with van der Waals surface area (Å²) in [5, 5.41) is 11.8. The number of carbonyl (C=O) groups is 1. The Morgan fingerprint density at radius 3 is 2.50 bits per heavy atom. The van der Waals surface area contributed by atoms with Crippen LogP contribution in [0.3, 0.4) is 0 Å². The van der Waals surface area contributed by atoms with Gasteiger partial charge in [0.05, 0.1) is 30.7 Å². The van der Waals surface area contributed by atoms with Crippen molar-refractivity contribution in [2.75, 3.05) is 33.9 Å². The molecule has 0 saturated carbocycles. The Kier molecular flexibility index (Phi) is 5.68. The van der Waals surface area contributed by atoms with Gasteiger partial charge in [-0.15, -0.1) is 0 Å². The van der Waals surface area contributed by atoms with Gasteiger partial charge in [0.2, 0.25) is 10.0 Å². The van der Waals surface area contributed by atoms with Gasteiger partial charge in [-0.1, -0.05) is 0 Å². The molecule has 0 spiro atoms. The molecule has 1 fully saturated rings. The molecule has 1 aliphatic rings. The number of likely N-dealkylation sites (N-methyl/N-ethyl adjacent to an activating group) is 1. The third kappa shape index (κ3) is 3.80. The van der Waals surface area contributed by atoms with E-state index >= 15 is 0 Å². The number of methoxy groups -OCH3 is 1. The highest BCUT2D eigenvalue weighted by Gasteiger charge is 2.38. The number of benzene rings is 1. The number of rotatable bonds is 6. The summed E-state index contributed by atoms with van der Waals surface area (Å²) in [7, 11) is -0.465. The first-order chi connectivity index (χ1) is 11.3. The van der Waals surface area contributed by atoms with Crippen molar-refractivity contribution in [3.05, 3.63) is 24.3 Å². The number of hydrogen-bond donors (Lipinski definition) is 2. The van der Waals surface area contributed by atoms with Crippen LogP contribution in [0.2, 0.25) is 0 Å². The second-order valence-electron chi connectivity index (χ2n) is 5.79. The molecule has 134 valence electrons. The summed E-state index contributed by atoms with van der Waals surface area (Å²) >= 11 is 0. The summed E-state index contributed by atoms with van der Waals surface area (Å²) in [6.45, 7) is 2.04. The van der Waals surface area contributed by atoms with E-state index in [0.29, 0.717) is 5.75 Å². The minimum absolute atomic E-state index is 0.132. The van der Waals surface area contributed by atoms with Gasteiger partial charge in [-0.05, 0) is 31.2 Å². The van der Waals surface area contributed by atoms with Gasteiger partial charge in [0.25, 0.3) is 0 Å². The molecule has 1 atom stereocenters. The SMILES string of the molecule is COc1ccc(S(=O)(=O)N2CC(NC(=O)N(C)C(C)CO)C2)cc1. The zero-order valence-electron chi connectivity index (χ0n) is 14.0. The van der Waals surface area contributed by atoms with Crippen LogP contribution in [-0.2, 0) is 10.0 Å². The molecular weight excluding hydrogens is 334 g/mol. The minimum Gasteiger partial charge on any atom is -0.497 e. The first kappa shape index (κ1) is 18.5. The zero-order valence-corrected chi connectivity index (χ0v) is 14.8. The maximum atomic E-state index is 12.5. The van der Waals surface area contributed by atoms with E-state index in [1.165, 1.54) is 28.4 Å². The van der Waals surface area contributed by atoms with Crippen LogP contribution >= 0.6 is 0 Å². The number of aliphatic hydroxyl groups excluding tert-OH is 1. The van der Waals surface area contributed by atoms with Crippen LogP contribution in [-0.4, -0.2) is 74.7 Å². The highest BCUT2D eigenvalue weighted by molar-refractivity contribution is 7.89. The lowest BCUT2D eigenvalue weighted by Gasteiger charge is -2.39. The van der Waals surface area contributed by atoms with Crippen molar-refractivity contribution in [3.63, 3.8) is 0 Å². The monoisotopic (exact) mass is 357 g/mol. The molecule has 1 aromatic rings. The number of urea groups is 1. The van der Waals surface area contributed by atoms with Crippen molar-refractivity contribution >= 4 is 16.1 Å².